The van der Waals surface area contributed by atoms with E-state index in [4.69, 9.17) is 4.74 Å². The third-order valence-corrected chi connectivity index (χ3v) is 3.99. The van der Waals surface area contributed by atoms with E-state index in [-0.39, 0.29) is 0 Å². The van der Waals surface area contributed by atoms with E-state index >= 15 is 0 Å². The molecule has 1 aromatic rings. The lowest BCUT2D eigenvalue weighted by Crippen LogP contribution is -2.40. The summed E-state index contributed by atoms with van der Waals surface area (Å²) in [5.74, 6) is 0.416. The summed E-state index contributed by atoms with van der Waals surface area (Å²) in [5.41, 5.74) is 1.92. The van der Waals surface area contributed by atoms with Crippen LogP contribution < -0.4 is 5.32 Å². The highest BCUT2D eigenvalue weighted by Gasteiger charge is 2.10. The number of benzene rings is 1. The van der Waals surface area contributed by atoms with E-state index in [1.54, 1.807) is 0 Å². The normalized spacial score (nSPS) is 16.7. The van der Waals surface area contributed by atoms with Crippen molar-refractivity contribution in [2.45, 2.75) is 13.5 Å². The van der Waals surface area contributed by atoms with Gasteiger partial charge in [-0.1, -0.05) is 0 Å². The Morgan fingerprint density at radius 3 is 2.84 bits per heavy atom. The van der Waals surface area contributed by atoms with Gasteiger partial charge in [-0.25, -0.2) is 0 Å². The third kappa shape index (κ3) is 4.59. The van der Waals surface area contributed by atoms with Gasteiger partial charge >= 0.3 is 0 Å². The number of phenols is 1. The predicted molar refractivity (Wildman–Crippen MR) is 84.5 cm³/mol. The van der Waals surface area contributed by atoms with Crippen molar-refractivity contribution in [2.24, 2.45) is 0 Å². The summed E-state index contributed by atoms with van der Waals surface area (Å²) >= 11 is 2.28. The molecular weight excluding hydrogens is 355 g/mol. The van der Waals surface area contributed by atoms with Gasteiger partial charge in [-0.15, -0.1) is 0 Å². The molecule has 1 saturated heterocycles. The topological polar surface area (TPSA) is 44.7 Å². The Kier molecular flexibility index (Phi) is 5.87. The third-order valence-electron chi connectivity index (χ3n) is 3.37. The Hall–Kier alpha value is -0.370. The standard InChI is InChI=1S/C14H21IN2O2/c1-11-8-13(15)9-12(14(11)18)10-16-2-3-17-4-6-19-7-5-17/h8-9,16,18H,2-7,10H2,1H3. The molecule has 0 unspecified atom stereocenters. The van der Waals surface area contributed by atoms with Crippen LogP contribution in [-0.4, -0.2) is 49.4 Å². The van der Waals surface area contributed by atoms with Crippen molar-refractivity contribution in [3.63, 3.8) is 0 Å². The summed E-state index contributed by atoms with van der Waals surface area (Å²) in [7, 11) is 0. The molecule has 0 spiro atoms. The Bertz CT molecular complexity index is 420. The number of ether oxygens (including phenoxy) is 1. The number of phenolic OH excluding ortho intramolecular Hbond substituents is 1. The fourth-order valence-electron chi connectivity index (χ4n) is 2.22. The molecule has 2 rings (SSSR count). The molecule has 0 amide bonds. The van der Waals surface area contributed by atoms with Crippen molar-refractivity contribution < 1.29 is 9.84 Å². The highest BCUT2D eigenvalue weighted by atomic mass is 127. The van der Waals surface area contributed by atoms with Gasteiger partial charge in [0, 0.05) is 41.9 Å². The number of aromatic hydroxyl groups is 1. The van der Waals surface area contributed by atoms with Gasteiger partial charge < -0.3 is 15.2 Å². The van der Waals surface area contributed by atoms with Crippen LogP contribution in [-0.2, 0) is 11.3 Å². The van der Waals surface area contributed by atoms with Crippen LogP contribution in [0.25, 0.3) is 0 Å². The molecule has 19 heavy (non-hydrogen) atoms. The van der Waals surface area contributed by atoms with E-state index in [0.29, 0.717) is 12.3 Å². The smallest absolute Gasteiger partial charge is 0.123 e. The predicted octanol–water partition coefficient (Wildman–Crippen LogP) is 1.73. The lowest BCUT2D eigenvalue weighted by atomic mass is 10.1. The molecule has 1 heterocycles. The van der Waals surface area contributed by atoms with Crippen molar-refractivity contribution in [3.05, 3.63) is 26.8 Å². The van der Waals surface area contributed by atoms with Gasteiger partial charge in [0.2, 0.25) is 0 Å². The number of rotatable bonds is 5. The van der Waals surface area contributed by atoms with Crippen molar-refractivity contribution in [2.75, 3.05) is 39.4 Å². The SMILES string of the molecule is Cc1cc(I)cc(CNCCN2CCOCC2)c1O. The molecule has 4 nitrogen and oxygen atoms in total. The van der Waals surface area contributed by atoms with Gasteiger partial charge in [-0.3, -0.25) is 4.90 Å². The van der Waals surface area contributed by atoms with Crippen LogP contribution in [0.1, 0.15) is 11.1 Å². The number of morpholine rings is 1. The van der Waals surface area contributed by atoms with Gasteiger partial charge in [0.1, 0.15) is 5.75 Å². The molecule has 5 heteroatoms. The lowest BCUT2D eigenvalue weighted by Gasteiger charge is -2.26. The van der Waals surface area contributed by atoms with E-state index < -0.39 is 0 Å². The Morgan fingerprint density at radius 2 is 2.11 bits per heavy atom. The minimum atomic E-state index is 0.416. The fraction of sp³-hybridized carbons (Fsp3) is 0.571. The zero-order chi connectivity index (χ0) is 13.7. The molecule has 0 aliphatic carbocycles. The first kappa shape index (κ1) is 15.0. The molecule has 1 aliphatic rings. The van der Waals surface area contributed by atoms with Crippen molar-refractivity contribution in [1.82, 2.24) is 10.2 Å². The maximum atomic E-state index is 10.00. The molecule has 106 valence electrons. The van der Waals surface area contributed by atoms with Crippen LogP contribution in [0.5, 0.6) is 5.75 Å². The van der Waals surface area contributed by atoms with Gasteiger partial charge in [-0.05, 0) is 47.2 Å². The molecular formula is C14H21IN2O2. The minimum Gasteiger partial charge on any atom is -0.507 e. The molecule has 0 bridgehead atoms. The summed E-state index contributed by atoms with van der Waals surface area (Å²) in [6.45, 7) is 8.36. The lowest BCUT2D eigenvalue weighted by molar-refractivity contribution is 0.0384. The Labute approximate surface area is 128 Å². The number of nitrogens with zero attached hydrogens (tertiary/aromatic N) is 1. The molecule has 0 radical (unpaired) electrons. The molecule has 0 atom stereocenters. The van der Waals surface area contributed by atoms with E-state index in [2.05, 4.69) is 32.8 Å². The van der Waals surface area contributed by atoms with Crippen LogP contribution in [0.15, 0.2) is 12.1 Å². The fourth-order valence-corrected chi connectivity index (χ4v) is 3.07. The molecule has 0 aromatic heterocycles. The summed E-state index contributed by atoms with van der Waals surface area (Å²) < 4.78 is 6.49. The number of hydrogen-bond donors (Lipinski definition) is 2. The molecule has 2 N–H and O–H groups in total. The Morgan fingerprint density at radius 1 is 1.37 bits per heavy atom. The average molecular weight is 376 g/mol. The van der Waals surface area contributed by atoms with Crippen molar-refractivity contribution in [3.8, 4) is 5.75 Å². The van der Waals surface area contributed by atoms with Crippen molar-refractivity contribution >= 4 is 22.6 Å². The molecule has 1 aliphatic heterocycles. The van der Waals surface area contributed by atoms with E-state index in [0.717, 1.165) is 54.1 Å². The van der Waals surface area contributed by atoms with Crippen LogP contribution in [0.3, 0.4) is 0 Å². The second-order valence-corrected chi connectivity index (χ2v) is 6.11. The van der Waals surface area contributed by atoms with Crippen LogP contribution in [0.2, 0.25) is 0 Å². The summed E-state index contributed by atoms with van der Waals surface area (Å²) in [4.78, 5) is 2.40. The summed E-state index contributed by atoms with van der Waals surface area (Å²) in [6, 6.07) is 4.03. The molecule has 1 fully saturated rings. The first-order valence-electron chi connectivity index (χ1n) is 6.65. The number of halogens is 1. The first-order chi connectivity index (χ1) is 9.16. The maximum absolute atomic E-state index is 10.00. The number of nitrogens with one attached hydrogen (secondary N) is 1. The highest BCUT2D eigenvalue weighted by molar-refractivity contribution is 14.1. The number of hydrogen-bond acceptors (Lipinski definition) is 4. The van der Waals surface area contributed by atoms with Crippen LogP contribution in [0.4, 0.5) is 0 Å². The monoisotopic (exact) mass is 376 g/mol. The van der Waals surface area contributed by atoms with Gasteiger partial charge in [0.25, 0.3) is 0 Å². The first-order valence-corrected chi connectivity index (χ1v) is 7.73. The largest absolute Gasteiger partial charge is 0.507 e. The van der Waals surface area contributed by atoms with Crippen molar-refractivity contribution in [1.29, 1.82) is 0 Å². The highest BCUT2D eigenvalue weighted by Crippen LogP contribution is 2.24. The van der Waals surface area contributed by atoms with Gasteiger partial charge in [0.15, 0.2) is 0 Å². The Balaban J connectivity index is 1.76. The molecule has 1 aromatic carbocycles. The van der Waals surface area contributed by atoms with Crippen LogP contribution in [0, 0.1) is 10.5 Å². The van der Waals surface area contributed by atoms with E-state index in [1.807, 2.05) is 19.1 Å². The summed E-state index contributed by atoms with van der Waals surface area (Å²) in [5, 5.41) is 13.4. The van der Waals surface area contributed by atoms with E-state index in [9.17, 15) is 5.11 Å². The van der Waals surface area contributed by atoms with Gasteiger partial charge in [-0.2, -0.15) is 0 Å². The minimum absolute atomic E-state index is 0.416. The second-order valence-electron chi connectivity index (χ2n) is 4.86. The van der Waals surface area contributed by atoms with Gasteiger partial charge in [0.05, 0.1) is 13.2 Å². The average Bonchev–Trinajstić information content (AvgIpc) is 2.41. The molecule has 0 saturated carbocycles. The summed E-state index contributed by atoms with van der Waals surface area (Å²) in [6.07, 6.45) is 0. The second kappa shape index (κ2) is 7.42. The van der Waals surface area contributed by atoms with Crippen LogP contribution >= 0.6 is 22.6 Å². The zero-order valence-corrected chi connectivity index (χ0v) is 13.4. The zero-order valence-electron chi connectivity index (χ0n) is 11.3. The maximum Gasteiger partial charge on any atom is 0.123 e. The number of aryl methyl sites for hydroxylation is 1. The van der Waals surface area contributed by atoms with E-state index in [1.165, 1.54) is 0 Å². The quantitative estimate of drug-likeness (QED) is 0.607.